The van der Waals surface area contributed by atoms with Crippen LogP contribution in [0.1, 0.15) is 30.1 Å². The van der Waals surface area contributed by atoms with Gasteiger partial charge in [0.2, 0.25) is 0 Å². The maximum Gasteiger partial charge on any atom is 0.104 e. The zero-order valence-electron chi connectivity index (χ0n) is 9.59. The Morgan fingerprint density at radius 1 is 1.59 bits per heavy atom. The average Bonchev–Trinajstić information content (AvgIpc) is 2.92. The summed E-state index contributed by atoms with van der Waals surface area (Å²) in [6.45, 7) is 2.05. The Kier molecular flexibility index (Phi) is 3.90. The third-order valence-electron chi connectivity index (χ3n) is 2.61. The maximum absolute atomic E-state index is 10.0. The second-order valence-electron chi connectivity index (χ2n) is 3.73. The Labute approximate surface area is 112 Å². The molecule has 0 amide bonds. The molecule has 7 heteroatoms. The fraction of sp³-hybridized carbons (Fsp3) is 0.500. The first kappa shape index (κ1) is 12.7. The molecular formula is C10H13BrN4OS. The Hall–Kier alpha value is -0.790. The average molecular weight is 317 g/mol. The molecule has 0 aliphatic carbocycles. The summed E-state index contributed by atoms with van der Waals surface area (Å²) in [5, 5.41) is 20.1. The highest BCUT2D eigenvalue weighted by molar-refractivity contribution is 9.10. The highest BCUT2D eigenvalue weighted by Gasteiger charge is 2.18. The highest BCUT2D eigenvalue weighted by Crippen LogP contribution is 2.26. The smallest absolute Gasteiger partial charge is 0.104 e. The van der Waals surface area contributed by atoms with E-state index in [-0.39, 0.29) is 0 Å². The molecule has 92 valence electrons. The molecule has 1 N–H and O–H groups in total. The molecule has 2 aromatic heterocycles. The summed E-state index contributed by atoms with van der Waals surface area (Å²) < 4.78 is 6.52. The first-order valence-corrected chi connectivity index (χ1v) is 6.91. The molecule has 0 aliphatic heterocycles. The predicted molar refractivity (Wildman–Crippen MR) is 68.9 cm³/mol. The van der Waals surface area contributed by atoms with Crippen LogP contribution in [0.5, 0.6) is 0 Å². The second kappa shape index (κ2) is 5.24. The second-order valence-corrected chi connectivity index (χ2v) is 5.14. The monoisotopic (exact) mass is 316 g/mol. The van der Waals surface area contributed by atoms with Crippen LogP contribution in [0.2, 0.25) is 0 Å². The molecule has 0 aromatic carbocycles. The van der Waals surface area contributed by atoms with Crippen molar-refractivity contribution in [3.05, 3.63) is 26.9 Å². The van der Waals surface area contributed by atoms with E-state index in [2.05, 4.69) is 37.5 Å². The SMILES string of the molecule is CCc1nn(C)c(CC(O)c2csnn2)c1Br. The molecule has 0 spiro atoms. The number of hydrogen-bond acceptors (Lipinski definition) is 5. The number of aliphatic hydroxyl groups excluding tert-OH is 1. The van der Waals surface area contributed by atoms with E-state index >= 15 is 0 Å². The van der Waals surface area contributed by atoms with Crippen LogP contribution >= 0.6 is 27.5 Å². The van der Waals surface area contributed by atoms with Crippen molar-refractivity contribution >= 4 is 27.5 Å². The Morgan fingerprint density at radius 3 is 2.88 bits per heavy atom. The van der Waals surface area contributed by atoms with Crippen LogP contribution in [-0.4, -0.2) is 24.5 Å². The van der Waals surface area contributed by atoms with Crippen molar-refractivity contribution in [1.82, 2.24) is 19.4 Å². The number of nitrogens with zero attached hydrogens (tertiary/aromatic N) is 4. The standard InChI is InChI=1S/C10H13BrN4OS/c1-3-6-10(11)8(15(2)13-6)4-9(16)7-5-17-14-12-7/h5,9,16H,3-4H2,1-2H3. The van der Waals surface area contributed by atoms with Gasteiger partial charge in [0, 0.05) is 18.8 Å². The number of aromatic nitrogens is 4. The minimum absolute atomic E-state index is 0.482. The van der Waals surface area contributed by atoms with Gasteiger partial charge in [-0.3, -0.25) is 4.68 Å². The molecule has 5 nitrogen and oxygen atoms in total. The molecule has 1 unspecified atom stereocenters. The summed E-state index contributed by atoms with van der Waals surface area (Å²) in [4.78, 5) is 0. The molecule has 0 fully saturated rings. The summed E-state index contributed by atoms with van der Waals surface area (Å²) in [5.74, 6) is 0. The van der Waals surface area contributed by atoms with Crippen molar-refractivity contribution in [3.63, 3.8) is 0 Å². The van der Waals surface area contributed by atoms with Gasteiger partial charge >= 0.3 is 0 Å². The molecule has 17 heavy (non-hydrogen) atoms. The van der Waals surface area contributed by atoms with E-state index in [1.807, 2.05) is 7.05 Å². The van der Waals surface area contributed by atoms with E-state index in [1.165, 1.54) is 11.5 Å². The number of aryl methyl sites for hydroxylation is 2. The lowest BCUT2D eigenvalue weighted by Gasteiger charge is -2.07. The van der Waals surface area contributed by atoms with Crippen molar-refractivity contribution in [2.24, 2.45) is 7.05 Å². The van der Waals surface area contributed by atoms with Gasteiger partial charge in [-0.2, -0.15) is 5.10 Å². The molecule has 0 saturated heterocycles. The highest BCUT2D eigenvalue weighted by atomic mass is 79.9. The zero-order chi connectivity index (χ0) is 12.4. The van der Waals surface area contributed by atoms with Crippen LogP contribution in [0.4, 0.5) is 0 Å². The van der Waals surface area contributed by atoms with E-state index < -0.39 is 6.10 Å². The van der Waals surface area contributed by atoms with Crippen LogP contribution in [-0.2, 0) is 19.9 Å². The molecule has 0 bridgehead atoms. The quantitative estimate of drug-likeness (QED) is 0.935. The van der Waals surface area contributed by atoms with Gasteiger partial charge in [-0.15, -0.1) is 5.10 Å². The molecule has 2 rings (SSSR count). The van der Waals surface area contributed by atoms with Crippen LogP contribution in [0, 0.1) is 0 Å². The van der Waals surface area contributed by atoms with E-state index in [4.69, 9.17) is 0 Å². The van der Waals surface area contributed by atoms with E-state index in [0.29, 0.717) is 12.1 Å². The lowest BCUT2D eigenvalue weighted by Crippen LogP contribution is -2.07. The molecule has 0 aliphatic rings. The topological polar surface area (TPSA) is 63.8 Å². The third-order valence-corrected chi connectivity index (χ3v) is 4.05. The minimum Gasteiger partial charge on any atom is -0.386 e. The molecule has 2 aromatic rings. The Morgan fingerprint density at radius 2 is 2.35 bits per heavy atom. The van der Waals surface area contributed by atoms with Crippen LogP contribution in [0.3, 0.4) is 0 Å². The maximum atomic E-state index is 10.0. The Bertz CT molecular complexity index is 497. The van der Waals surface area contributed by atoms with Gasteiger partial charge in [0.25, 0.3) is 0 Å². The lowest BCUT2D eigenvalue weighted by atomic mass is 10.1. The van der Waals surface area contributed by atoms with Crippen LogP contribution in [0.25, 0.3) is 0 Å². The summed E-state index contributed by atoms with van der Waals surface area (Å²) >= 11 is 4.77. The molecule has 0 saturated carbocycles. The zero-order valence-corrected chi connectivity index (χ0v) is 12.0. The third kappa shape index (κ3) is 2.56. The van der Waals surface area contributed by atoms with Gasteiger partial charge in [-0.25, -0.2) is 0 Å². The van der Waals surface area contributed by atoms with Crippen molar-refractivity contribution in [2.75, 3.05) is 0 Å². The van der Waals surface area contributed by atoms with E-state index in [1.54, 1.807) is 10.1 Å². The predicted octanol–water partition coefficient (Wildman–Crippen LogP) is 1.87. The van der Waals surface area contributed by atoms with Gasteiger partial charge in [-0.1, -0.05) is 11.4 Å². The largest absolute Gasteiger partial charge is 0.386 e. The number of hydrogen-bond donors (Lipinski definition) is 1. The number of halogens is 1. The first-order valence-electron chi connectivity index (χ1n) is 5.28. The van der Waals surface area contributed by atoms with Crippen molar-refractivity contribution in [2.45, 2.75) is 25.9 Å². The molecular weight excluding hydrogens is 304 g/mol. The number of aliphatic hydroxyl groups is 1. The molecule has 2 heterocycles. The van der Waals surface area contributed by atoms with Crippen molar-refractivity contribution in [3.8, 4) is 0 Å². The lowest BCUT2D eigenvalue weighted by molar-refractivity contribution is 0.170. The normalized spacial score (nSPS) is 12.9. The van der Waals surface area contributed by atoms with Crippen LogP contribution < -0.4 is 0 Å². The van der Waals surface area contributed by atoms with Crippen molar-refractivity contribution < 1.29 is 5.11 Å². The summed E-state index contributed by atoms with van der Waals surface area (Å²) in [6.07, 6.45) is 0.711. The Balaban J connectivity index is 2.21. The van der Waals surface area contributed by atoms with Crippen molar-refractivity contribution in [1.29, 1.82) is 0 Å². The molecule has 0 radical (unpaired) electrons. The van der Waals surface area contributed by atoms with E-state index in [0.717, 1.165) is 22.3 Å². The van der Waals surface area contributed by atoms with Crippen LogP contribution in [0.15, 0.2) is 9.85 Å². The van der Waals surface area contributed by atoms with Gasteiger partial charge in [-0.05, 0) is 33.9 Å². The first-order chi connectivity index (χ1) is 8.13. The fourth-order valence-electron chi connectivity index (χ4n) is 1.65. The minimum atomic E-state index is -0.634. The summed E-state index contributed by atoms with van der Waals surface area (Å²) in [5.41, 5.74) is 2.59. The summed E-state index contributed by atoms with van der Waals surface area (Å²) in [7, 11) is 1.88. The van der Waals surface area contributed by atoms with Gasteiger partial charge in [0.05, 0.1) is 15.9 Å². The fourth-order valence-corrected chi connectivity index (χ4v) is 2.93. The van der Waals surface area contributed by atoms with Gasteiger partial charge in [0.1, 0.15) is 11.8 Å². The number of rotatable bonds is 4. The van der Waals surface area contributed by atoms with E-state index in [9.17, 15) is 5.11 Å². The summed E-state index contributed by atoms with van der Waals surface area (Å²) in [6, 6.07) is 0. The van der Waals surface area contributed by atoms with Gasteiger partial charge < -0.3 is 5.11 Å². The molecule has 1 atom stereocenters. The van der Waals surface area contributed by atoms with Gasteiger partial charge in [0.15, 0.2) is 0 Å².